The highest BCUT2D eigenvalue weighted by Gasteiger charge is 2.74. The largest absolute Gasteiger partial charge is 0.427 e. The zero-order chi connectivity index (χ0) is 16.6. The molecule has 0 heterocycles. The maximum atomic E-state index is 12.7. The lowest BCUT2D eigenvalue weighted by Crippen LogP contribution is -2.62. The van der Waals surface area contributed by atoms with Crippen LogP contribution in [0.25, 0.3) is 0 Å². The van der Waals surface area contributed by atoms with Gasteiger partial charge in [-0.2, -0.15) is 26.3 Å². The van der Waals surface area contributed by atoms with E-state index < -0.39 is 29.7 Å². The molecule has 1 N–H and O–H groups in total. The third-order valence-corrected chi connectivity index (χ3v) is 3.54. The first-order valence-corrected chi connectivity index (χ1v) is 6.27. The summed E-state index contributed by atoms with van der Waals surface area (Å²) in [6.07, 6.45) is -12.1. The van der Waals surface area contributed by atoms with Crippen molar-refractivity contribution < 1.29 is 36.2 Å². The van der Waals surface area contributed by atoms with E-state index in [2.05, 4.69) is 15.9 Å². The number of rotatable bonds is 3. The Morgan fingerprint density at radius 3 is 1.76 bits per heavy atom. The molecule has 0 aliphatic rings. The second kappa shape index (κ2) is 5.60. The molecule has 9 heteroatoms. The van der Waals surface area contributed by atoms with Crippen molar-refractivity contribution in [1.82, 2.24) is 0 Å². The van der Waals surface area contributed by atoms with Crippen molar-refractivity contribution in [2.75, 3.05) is 0 Å². The predicted molar refractivity (Wildman–Crippen MR) is 64.7 cm³/mol. The summed E-state index contributed by atoms with van der Waals surface area (Å²) < 4.78 is 76.5. The van der Waals surface area contributed by atoms with Crippen LogP contribution in [0.1, 0.15) is 17.3 Å². The van der Waals surface area contributed by atoms with Crippen molar-refractivity contribution in [1.29, 1.82) is 0 Å². The van der Waals surface area contributed by atoms with E-state index >= 15 is 0 Å². The molecular formula is C12H9BrF6O2. The minimum absolute atomic E-state index is 0.363. The van der Waals surface area contributed by atoms with Crippen LogP contribution in [0.2, 0.25) is 0 Å². The second-order valence-corrected chi connectivity index (χ2v) is 5.27. The monoisotopic (exact) mass is 378 g/mol. The zero-order valence-electron chi connectivity index (χ0n) is 10.4. The third-order valence-electron chi connectivity index (χ3n) is 3.01. The Hall–Kier alpha value is -1.09. The molecule has 0 spiro atoms. The molecule has 0 bridgehead atoms. The molecule has 0 aliphatic carbocycles. The molecule has 1 atom stereocenters. The van der Waals surface area contributed by atoms with Crippen molar-refractivity contribution in [3.05, 3.63) is 34.3 Å². The van der Waals surface area contributed by atoms with Crippen molar-refractivity contribution >= 4 is 21.7 Å². The van der Waals surface area contributed by atoms with Crippen LogP contribution >= 0.6 is 15.9 Å². The summed E-state index contributed by atoms with van der Waals surface area (Å²) >= 11 is 3.01. The molecule has 0 aromatic heterocycles. The fourth-order valence-electron chi connectivity index (χ4n) is 1.71. The number of hydrogen-bond donors (Lipinski definition) is 1. The van der Waals surface area contributed by atoms with E-state index in [1.807, 2.05) is 0 Å². The van der Waals surface area contributed by atoms with Gasteiger partial charge in [-0.05, 0) is 12.1 Å². The summed E-state index contributed by atoms with van der Waals surface area (Å²) in [5.74, 6) is -4.20. The molecule has 1 rings (SSSR count). The fraction of sp³-hybridized carbons (Fsp3) is 0.417. The van der Waals surface area contributed by atoms with Crippen LogP contribution in [-0.2, 0) is 0 Å². The highest BCUT2D eigenvalue weighted by atomic mass is 79.9. The van der Waals surface area contributed by atoms with Gasteiger partial charge < -0.3 is 5.11 Å². The zero-order valence-corrected chi connectivity index (χ0v) is 12.0. The summed E-state index contributed by atoms with van der Waals surface area (Å²) in [5, 5.41) is 9.16. The fourth-order valence-corrected chi connectivity index (χ4v) is 1.97. The van der Waals surface area contributed by atoms with Gasteiger partial charge in [0, 0.05) is 10.0 Å². The summed E-state index contributed by atoms with van der Waals surface area (Å²) in [6.45, 7) is 0.394. The van der Waals surface area contributed by atoms with Crippen LogP contribution < -0.4 is 0 Å². The Morgan fingerprint density at radius 2 is 1.43 bits per heavy atom. The Labute approximate surface area is 123 Å². The van der Waals surface area contributed by atoms with Gasteiger partial charge in [0.1, 0.15) is 0 Å². The highest BCUT2D eigenvalue weighted by Crippen LogP contribution is 2.48. The Kier molecular flexibility index (Phi) is 4.79. The molecule has 0 saturated heterocycles. The average Bonchev–Trinajstić information content (AvgIpc) is 2.34. The molecule has 1 unspecified atom stereocenters. The molecule has 2 nitrogen and oxygen atoms in total. The van der Waals surface area contributed by atoms with Crippen LogP contribution in [0.4, 0.5) is 26.3 Å². The first-order chi connectivity index (χ1) is 9.32. The molecule has 0 fully saturated rings. The lowest BCUT2D eigenvalue weighted by Gasteiger charge is -2.36. The van der Waals surface area contributed by atoms with Crippen LogP contribution in [0.5, 0.6) is 0 Å². The smallest absolute Gasteiger partial charge is 0.373 e. The second-order valence-electron chi connectivity index (χ2n) is 4.35. The molecule has 1 aromatic rings. The Bertz CT molecular complexity index is 506. The summed E-state index contributed by atoms with van der Waals surface area (Å²) in [6, 6.07) is 4.71. The minimum atomic E-state index is -6.03. The van der Waals surface area contributed by atoms with E-state index in [9.17, 15) is 31.1 Å². The number of carbonyl (C=O) groups is 1. The van der Waals surface area contributed by atoms with E-state index in [1.165, 1.54) is 12.1 Å². The van der Waals surface area contributed by atoms with Crippen LogP contribution in [-0.4, -0.2) is 28.8 Å². The van der Waals surface area contributed by atoms with Gasteiger partial charge in [-0.3, -0.25) is 4.79 Å². The number of halogens is 7. The molecule has 21 heavy (non-hydrogen) atoms. The SMILES string of the molecule is CC(C(=O)c1ccc(Br)cc1)C(O)(C(F)(F)F)C(F)(F)F. The normalized spacial score (nSPS) is 14.9. The van der Waals surface area contributed by atoms with Crippen LogP contribution in [0.15, 0.2) is 28.7 Å². The average molecular weight is 379 g/mol. The first-order valence-electron chi connectivity index (χ1n) is 5.48. The number of hydrogen-bond acceptors (Lipinski definition) is 2. The Balaban J connectivity index is 3.27. The van der Waals surface area contributed by atoms with Crippen molar-refractivity contribution in [2.24, 2.45) is 5.92 Å². The molecule has 1 aromatic carbocycles. The number of benzene rings is 1. The summed E-state index contributed by atoms with van der Waals surface area (Å²) in [4.78, 5) is 11.8. The standard InChI is InChI=1S/C12H9BrF6O2/c1-6(9(20)7-2-4-8(13)5-3-7)10(21,11(14,15)16)12(17,18)19/h2-6,21H,1H3. The van der Waals surface area contributed by atoms with Gasteiger partial charge in [0.25, 0.3) is 5.60 Å². The quantitative estimate of drug-likeness (QED) is 0.634. The predicted octanol–water partition coefficient (Wildman–Crippen LogP) is 4.12. The van der Waals surface area contributed by atoms with Gasteiger partial charge in [0.2, 0.25) is 0 Å². The maximum Gasteiger partial charge on any atom is 0.427 e. The number of aliphatic hydroxyl groups is 1. The first kappa shape index (κ1) is 18.0. The van der Waals surface area contributed by atoms with Crippen molar-refractivity contribution in [3.63, 3.8) is 0 Å². The van der Waals surface area contributed by atoms with Gasteiger partial charge in [0.15, 0.2) is 5.78 Å². The molecule has 0 radical (unpaired) electrons. The van der Waals surface area contributed by atoms with E-state index in [0.717, 1.165) is 12.1 Å². The van der Waals surface area contributed by atoms with Crippen LogP contribution in [0, 0.1) is 5.92 Å². The van der Waals surface area contributed by atoms with Crippen molar-refractivity contribution in [3.8, 4) is 0 Å². The molecule has 0 amide bonds. The molecular weight excluding hydrogens is 370 g/mol. The van der Waals surface area contributed by atoms with Gasteiger partial charge in [0.05, 0.1) is 5.92 Å². The minimum Gasteiger partial charge on any atom is -0.373 e. The number of alkyl halides is 6. The van der Waals surface area contributed by atoms with Gasteiger partial charge in [-0.1, -0.05) is 35.0 Å². The topological polar surface area (TPSA) is 37.3 Å². The molecule has 0 saturated carbocycles. The number of carbonyl (C=O) groups excluding carboxylic acids is 1. The summed E-state index contributed by atoms with van der Waals surface area (Å²) in [7, 11) is 0. The van der Waals surface area contributed by atoms with Gasteiger partial charge in [-0.15, -0.1) is 0 Å². The van der Waals surface area contributed by atoms with Crippen molar-refractivity contribution in [2.45, 2.75) is 24.9 Å². The number of ketones is 1. The lowest BCUT2D eigenvalue weighted by atomic mass is 9.82. The molecule has 0 aliphatic heterocycles. The van der Waals surface area contributed by atoms with E-state index in [0.29, 0.717) is 11.4 Å². The van der Waals surface area contributed by atoms with E-state index in [4.69, 9.17) is 5.11 Å². The number of Topliss-reactive ketones (excluding diaryl/α,β-unsaturated/α-hetero) is 1. The third kappa shape index (κ3) is 3.23. The van der Waals surface area contributed by atoms with Crippen LogP contribution in [0.3, 0.4) is 0 Å². The summed E-state index contributed by atoms with van der Waals surface area (Å²) in [5.41, 5.74) is -5.47. The van der Waals surface area contributed by atoms with E-state index in [1.54, 1.807) is 0 Å². The highest BCUT2D eigenvalue weighted by molar-refractivity contribution is 9.10. The molecule has 118 valence electrons. The van der Waals surface area contributed by atoms with Gasteiger partial charge >= 0.3 is 12.4 Å². The lowest BCUT2D eigenvalue weighted by molar-refractivity contribution is -0.377. The van der Waals surface area contributed by atoms with E-state index in [-0.39, 0.29) is 5.56 Å². The maximum absolute atomic E-state index is 12.7. The van der Waals surface area contributed by atoms with Gasteiger partial charge in [-0.25, -0.2) is 0 Å². The Morgan fingerprint density at radius 1 is 1.05 bits per heavy atom.